The maximum absolute atomic E-state index is 5.64. The van der Waals surface area contributed by atoms with Gasteiger partial charge in [0.15, 0.2) is 0 Å². The van der Waals surface area contributed by atoms with Gasteiger partial charge < -0.3 is 14.6 Å². The van der Waals surface area contributed by atoms with Gasteiger partial charge in [0.25, 0.3) is 0 Å². The number of nitrogens with zero attached hydrogens (tertiary/aromatic N) is 2. The zero-order chi connectivity index (χ0) is 13.9. The van der Waals surface area contributed by atoms with Crippen molar-refractivity contribution in [2.24, 2.45) is 13.0 Å². The second-order valence-electron chi connectivity index (χ2n) is 5.71. The highest BCUT2D eigenvalue weighted by molar-refractivity contribution is 5.75. The van der Waals surface area contributed by atoms with Gasteiger partial charge in [0, 0.05) is 20.2 Å². The van der Waals surface area contributed by atoms with Crippen LogP contribution in [0.3, 0.4) is 0 Å². The van der Waals surface area contributed by atoms with E-state index in [4.69, 9.17) is 9.72 Å². The number of nitrogens with one attached hydrogen (secondary N) is 1. The Morgan fingerprint density at radius 1 is 1.40 bits per heavy atom. The van der Waals surface area contributed by atoms with Gasteiger partial charge in [0.1, 0.15) is 5.82 Å². The van der Waals surface area contributed by atoms with Gasteiger partial charge in [0.2, 0.25) is 0 Å². The average Bonchev–Trinajstić information content (AvgIpc) is 3.22. The Labute approximate surface area is 120 Å². The average molecular weight is 273 g/mol. The minimum absolute atomic E-state index is 0.233. The number of ether oxygens (including phenoxy) is 1. The highest BCUT2D eigenvalue weighted by Crippen LogP contribution is 2.28. The maximum atomic E-state index is 5.64. The van der Waals surface area contributed by atoms with Gasteiger partial charge in [-0.2, -0.15) is 0 Å². The fourth-order valence-corrected chi connectivity index (χ4v) is 2.52. The molecule has 0 bridgehead atoms. The van der Waals surface area contributed by atoms with E-state index >= 15 is 0 Å². The standard InChI is InChI=1S/C16H23N3O/c1-12(17-9-10-20-11-13-7-8-13)16-18-14-5-3-4-6-15(14)19(16)2/h3-6,12-13,17H,7-11H2,1-2H3. The fraction of sp³-hybridized carbons (Fsp3) is 0.562. The van der Waals surface area contributed by atoms with Crippen molar-refractivity contribution in [3.05, 3.63) is 30.1 Å². The van der Waals surface area contributed by atoms with E-state index in [2.05, 4.69) is 42.1 Å². The van der Waals surface area contributed by atoms with Gasteiger partial charge in [-0.25, -0.2) is 4.98 Å². The van der Waals surface area contributed by atoms with E-state index < -0.39 is 0 Å². The van der Waals surface area contributed by atoms with Gasteiger partial charge in [-0.05, 0) is 37.8 Å². The largest absolute Gasteiger partial charge is 0.380 e. The molecule has 1 aliphatic rings. The van der Waals surface area contributed by atoms with E-state index in [1.165, 1.54) is 18.4 Å². The summed E-state index contributed by atoms with van der Waals surface area (Å²) in [4.78, 5) is 4.71. The Morgan fingerprint density at radius 2 is 2.20 bits per heavy atom. The van der Waals surface area contributed by atoms with Crippen LogP contribution in [-0.4, -0.2) is 29.3 Å². The van der Waals surface area contributed by atoms with E-state index in [-0.39, 0.29) is 6.04 Å². The predicted octanol–water partition coefficient (Wildman–Crippen LogP) is 2.65. The van der Waals surface area contributed by atoms with Gasteiger partial charge >= 0.3 is 0 Å². The third-order valence-corrected chi connectivity index (χ3v) is 3.96. The molecule has 4 heteroatoms. The van der Waals surface area contributed by atoms with Crippen LogP contribution in [0.15, 0.2) is 24.3 Å². The second kappa shape index (κ2) is 5.94. The number of fused-ring (bicyclic) bond motifs is 1. The first-order valence-electron chi connectivity index (χ1n) is 7.48. The Hall–Kier alpha value is -1.39. The van der Waals surface area contributed by atoms with Crippen LogP contribution in [0.1, 0.15) is 31.6 Å². The zero-order valence-corrected chi connectivity index (χ0v) is 12.3. The molecule has 0 spiro atoms. The molecular weight excluding hydrogens is 250 g/mol. The first kappa shape index (κ1) is 13.6. The minimum atomic E-state index is 0.233. The lowest BCUT2D eigenvalue weighted by molar-refractivity contribution is 0.124. The van der Waals surface area contributed by atoms with Gasteiger partial charge in [0.05, 0.1) is 23.7 Å². The van der Waals surface area contributed by atoms with Crippen LogP contribution in [0, 0.1) is 5.92 Å². The van der Waals surface area contributed by atoms with Crippen LogP contribution in [0.2, 0.25) is 0 Å². The fourth-order valence-electron chi connectivity index (χ4n) is 2.52. The van der Waals surface area contributed by atoms with Crippen molar-refractivity contribution in [1.82, 2.24) is 14.9 Å². The molecule has 108 valence electrons. The normalized spacial score (nSPS) is 16.7. The number of hydrogen-bond donors (Lipinski definition) is 1. The molecule has 1 fully saturated rings. The summed E-state index contributed by atoms with van der Waals surface area (Å²) in [6.07, 6.45) is 2.70. The Bertz CT molecular complexity index is 574. The molecule has 1 unspecified atom stereocenters. The van der Waals surface area contributed by atoms with Crippen molar-refractivity contribution in [1.29, 1.82) is 0 Å². The molecule has 1 saturated carbocycles. The van der Waals surface area contributed by atoms with Crippen LogP contribution >= 0.6 is 0 Å². The molecule has 1 atom stereocenters. The Kier molecular flexibility index (Phi) is 4.03. The van der Waals surface area contributed by atoms with E-state index in [0.717, 1.165) is 37.0 Å². The molecule has 0 amide bonds. The summed E-state index contributed by atoms with van der Waals surface area (Å²) in [6.45, 7) is 4.74. The zero-order valence-electron chi connectivity index (χ0n) is 12.3. The van der Waals surface area contributed by atoms with Crippen molar-refractivity contribution in [3.8, 4) is 0 Å². The summed E-state index contributed by atoms with van der Waals surface area (Å²) in [5.74, 6) is 1.92. The minimum Gasteiger partial charge on any atom is -0.380 e. The summed E-state index contributed by atoms with van der Waals surface area (Å²) in [7, 11) is 2.08. The molecule has 1 N–H and O–H groups in total. The molecule has 20 heavy (non-hydrogen) atoms. The Balaban J connectivity index is 1.54. The molecule has 0 aliphatic heterocycles. The molecule has 1 aromatic heterocycles. The molecule has 2 aromatic rings. The second-order valence-corrected chi connectivity index (χ2v) is 5.71. The molecule has 1 aliphatic carbocycles. The molecule has 0 radical (unpaired) electrons. The summed E-state index contributed by atoms with van der Waals surface area (Å²) in [5, 5.41) is 3.49. The van der Waals surface area contributed by atoms with Crippen LogP contribution in [0.5, 0.6) is 0 Å². The summed E-state index contributed by atoms with van der Waals surface area (Å²) < 4.78 is 7.81. The lowest BCUT2D eigenvalue weighted by atomic mass is 10.3. The number of rotatable bonds is 7. The number of para-hydroxylation sites is 2. The van der Waals surface area contributed by atoms with Crippen LogP contribution in [-0.2, 0) is 11.8 Å². The summed E-state index contributed by atoms with van der Waals surface area (Å²) in [6, 6.07) is 8.49. The molecule has 1 heterocycles. The number of aromatic nitrogens is 2. The molecule has 3 rings (SSSR count). The van der Waals surface area contributed by atoms with E-state index in [1.54, 1.807) is 0 Å². The Morgan fingerprint density at radius 3 is 2.95 bits per heavy atom. The van der Waals surface area contributed by atoms with Crippen molar-refractivity contribution in [2.45, 2.75) is 25.8 Å². The highest BCUT2D eigenvalue weighted by Gasteiger charge is 2.21. The van der Waals surface area contributed by atoms with Gasteiger partial charge in [-0.1, -0.05) is 12.1 Å². The van der Waals surface area contributed by atoms with Gasteiger partial charge in [-0.15, -0.1) is 0 Å². The lowest BCUT2D eigenvalue weighted by Crippen LogP contribution is -2.25. The number of hydrogen-bond acceptors (Lipinski definition) is 3. The van der Waals surface area contributed by atoms with E-state index in [0.29, 0.717) is 0 Å². The quantitative estimate of drug-likeness (QED) is 0.788. The smallest absolute Gasteiger partial charge is 0.126 e. The molecular formula is C16H23N3O. The molecule has 1 aromatic carbocycles. The third-order valence-electron chi connectivity index (χ3n) is 3.96. The van der Waals surface area contributed by atoms with Gasteiger partial charge in [-0.3, -0.25) is 0 Å². The summed E-state index contributed by atoms with van der Waals surface area (Å²) in [5.41, 5.74) is 2.24. The van der Waals surface area contributed by atoms with Crippen molar-refractivity contribution in [3.63, 3.8) is 0 Å². The van der Waals surface area contributed by atoms with Crippen molar-refractivity contribution < 1.29 is 4.74 Å². The van der Waals surface area contributed by atoms with Crippen LogP contribution in [0.25, 0.3) is 11.0 Å². The van der Waals surface area contributed by atoms with E-state index in [9.17, 15) is 0 Å². The van der Waals surface area contributed by atoms with Crippen molar-refractivity contribution >= 4 is 11.0 Å². The molecule has 4 nitrogen and oxygen atoms in total. The van der Waals surface area contributed by atoms with Crippen LogP contribution in [0.4, 0.5) is 0 Å². The van der Waals surface area contributed by atoms with Crippen molar-refractivity contribution in [2.75, 3.05) is 19.8 Å². The van der Waals surface area contributed by atoms with E-state index in [1.807, 2.05) is 6.07 Å². The van der Waals surface area contributed by atoms with Crippen LogP contribution < -0.4 is 5.32 Å². The third kappa shape index (κ3) is 3.02. The monoisotopic (exact) mass is 273 g/mol. The summed E-state index contributed by atoms with van der Waals surface area (Å²) >= 11 is 0. The lowest BCUT2D eigenvalue weighted by Gasteiger charge is -2.14. The number of imidazole rings is 1. The maximum Gasteiger partial charge on any atom is 0.126 e. The topological polar surface area (TPSA) is 39.1 Å². The number of aryl methyl sites for hydroxylation is 1. The first-order chi connectivity index (χ1) is 9.75. The SMILES string of the molecule is CC(NCCOCC1CC1)c1nc2ccccc2n1C. The first-order valence-corrected chi connectivity index (χ1v) is 7.48. The molecule has 0 saturated heterocycles. The predicted molar refractivity (Wildman–Crippen MR) is 80.7 cm³/mol. The highest BCUT2D eigenvalue weighted by atomic mass is 16.5. The number of benzene rings is 1.